The lowest BCUT2D eigenvalue weighted by molar-refractivity contribution is -0.0404. The summed E-state index contributed by atoms with van der Waals surface area (Å²) in [5.74, 6) is 0.100. The SMILES string of the molecule is CC(C)=CCc1cc(C(=O)Nc2cc3ccc(O[C@H]4C[C@H](O)CO4)c(C)c3oc2=O)ccc1O. The third-order valence-corrected chi connectivity index (χ3v) is 5.62. The Labute approximate surface area is 196 Å². The van der Waals surface area contributed by atoms with Gasteiger partial charge in [-0.3, -0.25) is 4.79 Å². The van der Waals surface area contributed by atoms with Gasteiger partial charge in [-0.05, 0) is 69.2 Å². The van der Waals surface area contributed by atoms with E-state index in [4.69, 9.17) is 13.9 Å². The number of ether oxygens (including phenoxy) is 2. The Balaban J connectivity index is 1.57. The van der Waals surface area contributed by atoms with Crippen molar-refractivity contribution in [3.8, 4) is 11.5 Å². The first kappa shape index (κ1) is 23.5. The van der Waals surface area contributed by atoms with Crippen molar-refractivity contribution in [3.05, 3.63) is 75.2 Å². The number of rotatable bonds is 6. The summed E-state index contributed by atoms with van der Waals surface area (Å²) >= 11 is 0. The zero-order valence-electron chi connectivity index (χ0n) is 19.3. The molecular weight excluding hydrogens is 438 g/mol. The van der Waals surface area contributed by atoms with Gasteiger partial charge in [0.25, 0.3) is 5.91 Å². The number of carbonyl (C=O) groups is 1. The highest BCUT2D eigenvalue weighted by Gasteiger charge is 2.26. The minimum Gasteiger partial charge on any atom is -0.508 e. The Morgan fingerprint density at radius 2 is 2.03 bits per heavy atom. The average Bonchev–Trinajstić information content (AvgIpc) is 3.20. The van der Waals surface area contributed by atoms with E-state index in [-0.39, 0.29) is 18.0 Å². The largest absolute Gasteiger partial charge is 0.508 e. The van der Waals surface area contributed by atoms with E-state index in [0.717, 1.165) is 5.57 Å². The normalized spacial score (nSPS) is 17.5. The quantitative estimate of drug-likeness (QED) is 0.371. The van der Waals surface area contributed by atoms with Crippen molar-refractivity contribution in [3.63, 3.8) is 0 Å². The maximum Gasteiger partial charge on any atom is 0.360 e. The first-order chi connectivity index (χ1) is 16.2. The molecule has 0 saturated carbocycles. The molecule has 1 aliphatic rings. The highest BCUT2D eigenvalue weighted by Crippen LogP contribution is 2.30. The number of amides is 1. The van der Waals surface area contributed by atoms with Crippen LogP contribution in [-0.2, 0) is 11.2 Å². The van der Waals surface area contributed by atoms with Gasteiger partial charge in [0, 0.05) is 22.9 Å². The van der Waals surface area contributed by atoms with E-state index in [2.05, 4.69) is 5.32 Å². The fourth-order valence-corrected chi connectivity index (χ4v) is 3.72. The molecule has 8 heteroatoms. The van der Waals surface area contributed by atoms with E-state index >= 15 is 0 Å². The maximum absolute atomic E-state index is 12.8. The number of carbonyl (C=O) groups excluding carboxylic acids is 1. The Hall–Kier alpha value is -3.62. The number of nitrogens with one attached hydrogen (secondary N) is 1. The van der Waals surface area contributed by atoms with E-state index in [0.29, 0.717) is 46.3 Å². The van der Waals surface area contributed by atoms with Gasteiger partial charge in [0.05, 0.1) is 12.7 Å². The minimum atomic E-state index is -0.697. The fraction of sp³-hybridized carbons (Fsp3) is 0.308. The number of hydrogen-bond acceptors (Lipinski definition) is 7. The van der Waals surface area contributed by atoms with Crippen LogP contribution in [0, 0.1) is 6.92 Å². The first-order valence-corrected chi connectivity index (χ1v) is 11.0. The molecule has 2 aromatic carbocycles. The number of phenols is 1. The van der Waals surface area contributed by atoms with Crippen molar-refractivity contribution >= 4 is 22.6 Å². The average molecular weight is 466 g/mol. The van der Waals surface area contributed by atoms with Crippen LogP contribution < -0.4 is 15.7 Å². The number of anilines is 1. The second-order valence-electron chi connectivity index (χ2n) is 8.61. The van der Waals surface area contributed by atoms with Crippen LogP contribution in [0.4, 0.5) is 5.69 Å². The molecule has 4 rings (SSSR count). The number of phenolic OH excluding ortho intramolecular Hbond substituents is 1. The van der Waals surface area contributed by atoms with E-state index in [1.165, 1.54) is 12.1 Å². The molecule has 8 nitrogen and oxygen atoms in total. The smallest absolute Gasteiger partial charge is 0.360 e. The maximum atomic E-state index is 12.8. The van der Waals surface area contributed by atoms with Crippen molar-refractivity contribution in [2.45, 2.75) is 46.0 Å². The minimum absolute atomic E-state index is 0.00624. The zero-order chi connectivity index (χ0) is 24.4. The van der Waals surface area contributed by atoms with E-state index in [9.17, 15) is 19.8 Å². The van der Waals surface area contributed by atoms with Crippen molar-refractivity contribution in [2.24, 2.45) is 0 Å². The lowest BCUT2D eigenvalue weighted by atomic mass is 10.0. The standard InChI is InChI=1S/C26H27NO7/c1-14(2)4-5-16-10-18(6-8-21(16)29)25(30)27-20-11-17-7-9-22(15(3)24(17)34-26(20)31)33-23-12-19(28)13-32-23/h4,6-11,19,23,28-29H,5,12-13H2,1-3H3,(H,27,30)/t19-,23-/m0/s1. The summed E-state index contributed by atoms with van der Waals surface area (Å²) in [6.07, 6.45) is 1.67. The fourth-order valence-electron chi connectivity index (χ4n) is 3.72. The van der Waals surface area contributed by atoms with Gasteiger partial charge in [-0.25, -0.2) is 4.79 Å². The molecule has 0 unspecified atom stereocenters. The summed E-state index contributed by atoms with van der Waals surface area (Å²) in [4.78, 5) is 25.4. The number of allylic oxidation sites excluding steroid dienone is 2. The molecule has 1 saturated heterocycles. The second-order valence-corrected chi connectivity index (χ2v) is 8.61. The topological polar surface area (TPSA) is 118 Å². The van der Waals surface area contributed by atoms with Gasteiger partial charge in [0.1, 0.15) is 22.8 Å². The second kappa shape index (κ2) is 9.70. The molecular formula is C26H27NO7. The monoisotopic (exact) mass is 465 g/mol. The van der Waals surface area contributed by atoms with Crippen LogP contribution in [0.25, 0.3) is 11.0 Å². The molecule has 34 heavy (non-hydrogen) atoms. The van der Waals surface area contributed by atoms with Gasteiger partial charge in [-0.15, -0.1) is 0 Å². The molecule has 3 aromatic rings. The molecule has 0 bridgehead atoms. The highest BCUT2D eigenvalue weighted by molar-refractivity contribution is 6.05. The van der Waals surface area contributed by atoms with Crippen molar-refractivity contribution in [1.29, 1.82) is 0 Å². The van der Waals surface area contributed by atoms with Crippen LogP contribution in [-0.4, -0.2) is 35.1 Å². The van der Waals surface area contributed by atoms with Crippen molar-refractivity contribution < 1.29 is 28.9 Å². The molecule has 0 aliphatic carbocycles. The van der Waals surface area contributed by atoms with Crippen LogP contribution in [0.5, 0.6) is 11.5 Å². The Morgan fingerprint density at radius 1 is 1.24 bits per heavy atom. The number of aromatic hydroxyl groups is 1. The summed E-state index contributed by atoms with van der Waals surface area (Å²) in [5.41, 5.74) is 2.28. The Bertz CT molecular complexity index is 1320. The zero-order valence-corrected chi connectivity index (χ0v) is 19.3. The molecule has 1 amide bonds. The van der Waals surface area contributed by atoms with Crippen molar-refractivity contribution in [1.82, 2.24) is 0 Å². The van der Waals surface area contributed by atoms with E-state index in [1.807, 2.05) is 19.9 Å². The van der Waals surface area contributed by atoms with E-state index in [1.54, 1.807) is 31.2 Å². The van der Waals surface area contributed by atoms with Gasteiger partial charge < -0.3 is 29.4 Å². The molecule has 178 valence electrons. The van der Waals surface area contributed by atoms with Crippen LogP contribution in [0.3, 0.4) is 0 Å². The summed E-state index contributed by atoms with van der Waals surface area (Å²) in [7, 11) is 0. The lowest BCUT2D eigenvalue weighted by Crippen LogP contribution is -2.18. The molecule has 1 aromatic heterocycles. The van der Waals surface area contributed by atoms with E-state index < -0.39 is 23.9 Å². The number of benzene rings is 2. The van der Waals surface area contributed by atoms with Gasteiger partial charge in [0.15, 0.2) is 0 Å². The summed E-state index contributed by atoms with van der Waals surface area (Å²) in [6, 6.07) is 9.56. The third kappa shape index (κ3) is 5.13. The Morgan fingerprint density at radius 3 is 2.74 bits per heavy atom. The molecule has 3 N–H and O–H groups in total. The predicted octanol–water partition coefficient (Wildman–Crippen LogP) is 4.05. The molecule has 0 radical (unpaired) electrons. The number of fused-ring (bicyclic) bond motifs is 1. The first-order valence-electron chi connectivity index (χ1n) is 11.0. The van der Waals surface area contributed by atoms with Crippen LogP contribution >= 0.6 is 0 Å². The van der Waals surface area contributed by atoms with Gasteiger partial charge in [-0.2, -0.15) is 0 Å². The summed E-state index contributed by atoms with van der Waals surface area (Å²) < 4.78 is 16.7. The summed E-state index contributed by atoms with van der Waals surface area (Å²) in [5, 5.41) is 22.9. The van der Waals surface area contributed by atoms with Crippen LogP contribution in [0.1, 0.15) is 41.8 Å². The van der Waals surface area contributed by atoms with Gasteiger partial charge >= 0.3 is 5.63 Å². The molecule has 2 atom stereocenters. The summed E-state index contributed by atoms with van der Waals surface area (Å²) in [6.45, 7) is 5.88. The van der Waals surface area contributed by atoms with Crippen LogP contribution in [0.2, 0.25) is 0 Å². The predicted molar refractivity (Wildman–Crippen MR) is 127 cm³/mol. The molecule has 1 fully saturated rings. The Kier molecular flexibility index (Phi) is 6.72. The highest BCUT2D eigenvalue weighted by atomic mass is 16.7. The van der Waals surface area contributed by atoms with Crippen molar-refractivity contribution in [2.75, 3.05) is 11.9 Å². The van der Waals surface area contributed by atoms with Crippen LogP contribution in [0.15, 0.2) is 57.3 Å². The molecule has 2 heterocycles. The van der Waals surface area contributed by atoms with Gasteiger partial charge in [0.2, 0.25) is 6.29 Å². The number of hydrogen-bond donors (Lipinski definition) is 3. The number of aliphatic hydroxyl groups excluding tert-OH is 1. The molecule has 0 spiro atoms. The lowest BCUT2D eigenvalue weighted by Gasteiger charge is -2.15. The third-order valence-electron chi connectivity index (χ3n) is 5.62. The number of aliphatic hydroxyl groups is 1. The molecule has 1 aliphatic heterocycles. The number of aryl methyl sites for hydroxylation is 1. The van der Waals surface area contributed by atoms with Gasteiger partial charge in [-0.1, -0.05) is 11.6 Å².